The summed E-state index contributed by atoms with van der Waals surface area (Å²) in [7, 11) is 1.68. The smallest absolute Gasteiger partial charge is 0.180 e. The van der Waals surface area contributed by atoms with Gasteiger partial charge in [0.2, 0.25) is 0 Å². The van der Waals surface area contributed by atoms with Crippen molar-refractivity contribution >= 4 is 27.8 Å². The molecule has 0 aliphatic carbocycles. The summed E-state index contributed by atoms with van der Waals surface area (Å²) in [6.07, 6.45) is 3.94. The van der Waals surface area contributed by atoms with Gasteiger partial charge >= 0.3 is 0 Å². The van der Waals surface area contributed by atoms with Crippen LogP contribution in [0.1, 0.15) is 17.0 Å². The van der Waals surface area contributed by atoms with Gasteiger partial charge < -0.3 is 15.8 Å². The van der Waals surface area contributed by atoms with Gasteiger partial charge in [0.05, 0.1) is 12.8 Å². The average Bonchev–Trinajstić information content (AvgIpc) is 3.24. The molecule has 0 fully saturated rings. The van der Waals surface area contributed by atoms with Gasteiger partial charge in [-0.25, -0.2) is 9.97 Å². The molecule has 0 atom stereocenters. The van der Waals surface area contributed by atoms with Crippen LogP contribution in [0.2, 0.25) is 0 Å². The summed E-state index contributed by atoms with van der Waals surface area (Å²) >= 11 is 3.21. The van der Waals surface area contributed by atoms with Crippen molar-refractivity contribution in [3.05, 3.63) is 46.4 Å². The molecule has 0 unspecified atom stereocenters. The first-order valence-corrected chi connectivity index (χ1v) is 9.44. The molecular formula is C17H20N4OS2. The number of ether oxygens (including phenoxy) is 1. The normalized spacial score (nSPS) is 10.9. The quantitative estimate of drug-likeness (QED) is 0.601. The standard InChI is InChI=1S/C17H20N4OS2/c1-22-14-6-2-4-12(8-14)16-20-10-15(24-16)9-19-7-3-5-13-11-23-17(18)21-13/h2,4,6,8,10-11,19H,3,5,7,9H2,1H3,(H2,18,21). The van der Waals surface area contributed by atoms with Gasteiger partial charge in [-0.15, -0.1) is 22.7 Å². The molecule has 0 spiro atoms. The lowest BCUT2D eigenvalue weighted by molar-refractivity contribution is 0.415. The molecule has 3 rings (SSSR count). The van der Waals surface area contributed by atoms with E-state index in [1.165, 1.54) is 16.2 Å². The number of methoxy groups -OCH3 is 1. The van der Waals surface area contributed by atoms with Gasteiger partial charge in [0, 0.05) is 28.6 Å². The third kappa shape index (κ3) is 4.53. The van der Waals surface area contributed by atoms with E-state index in [2.05, 4.69) is 21.4 Å². The van der Waals surface area contributed by atoms with E-state index in [0.717, 1.165) is 47.9 Å². The molecule has 126 valence electrons. The fourth-order valence-electron chi connectivity index (χ4n) is 2.32. The summed E-state index contributed by atoms with van der Waals surface area (Å²) in [5.74, 6) is 0.852. The van der Waals surface area contributed by atoms with Crippen LogP contribution in [0.15, 0.2) is 35.8 Å². The summed E-state index contributed by atoms with van der Waals surface area (Å²) in [4.78, 5) is 10.0. The summed E-state index contributed by atoms with van der Waals surface area (Å²) in [5.41, 5.74) is 7.80. The maximum Gasteiger partial charge on any atom is 0.180 e. The highest BCUT2D eigenvalue weighted by molar-refractivity contribution is 7.15. The van der Waals surface area contributed by atoms with Crippen molar-refractivity contribution in [3.63, 3.8) is 0 Å². The molecule has 0 saturated heterocycles. The average molecular weight is 361 g/mol. The Morgan fingerprint density at radius 1 is 1.33 bits per heavy atom. The van der Waals surface area contributed by atoms with Crippen molar-refractivity contribution in [1.29, 1.82) is 0 Å². The van der Waals surface area contributed by atoms with E-state index in [0.29, 0.717) is 5.13 Å². The Morgan fingerprint density at radius 2 is 2.25 bits per heavy atom. The Labute approximate surface area is 149 Å². The Hall–Kier alpha value is -1.96. The molecule has 0 radical (unpaired) electrons. The van der Waals surface area contributed by atoms with E-state index in [1.807, 2.05) is 29.8 Å². The molecule has 0 saturated carbocycles. The number of nitrogens with zero attached hydrogens (tertiary/aromatic N) is 2. The van der Waals surface area contributed by atoms with Crippen LogP contribution in [0.3, 0.4) is 0 Å². The summed E-state index contributed by atoms with van der Waals surface area (Å²) < 4.78 is 5.27. The first-order valence-electron chi connectivity index (χ1n) is 7.74. The molecule has 5 nitrogen and oxygen atoms in total. The predicted octanol–water partition coefficient (Wildman–Crippen LogP) is 3.58. The van der Waals surface area contributed by atoms with E-state index >= 15 is 0 Å². The number of rotatable bonds is 8. The highest BCUT2D eigenvalue weighted by Gasteiger charge is 2.06. The van der Waals surface area contributed by atoms with Crippen LogP contribution in [0, 0.1) is 0 Å². The lowest BCUT2D eigenvalue weighted by Crippen LogP contribution is -2.14. The second kappa shape index (κ2) is 8.23. The Balaban J connectivity index is 1.45. The zero-order chi connectivity index (χ0) is 16.8. The van der Waals surface area contributed by atoms with Gasteiger partial charge in [-0.2, -0.15) is 0 Å². The number of benzene rings is 1. The second-order valence-electron chi connectivity index (χ2n) is 5.32. The number of hydrogen-bond acceptors (Lipinski definition) is 7. The second-order valence-corrected chi connectivity index (χ2v) is 7.33. The number of thiazole rings is 2. The maximum absolute atomic E-state index is 5.63. The lowest BCUT2D eigenvalue weighted by Gasteiger charge is -2.02. The molecule has 24 heavy (non-hydrogen) atoms. The zero-order valence-corrected chi connectivity index (χ0v) is 15.1. The lowest BCUT2D eigenvalue weighted by atomic mass is 10.2. The highest BCUT2D eigenvalue weighted by atomic mass is 32.1. The van der Waals surface area contributed by atoms with Crippen molar-refractivity contribution in [1.82, 2.24) is 15.3 Å². The number of aryl methyl sites for hydroxylation is 1. The molecular weight excluding hydrogens is 340 g/mol. The van der Waals surface area contributed by atoms with Crippen LogP contribution in [-0.2, 0) is 13.0 Å². The number of anilines is 1. The highest BCUT2D eigenvalue weighted by Crippen LogP contribution is 2.27. The van der Waals surface area contributed by atoms with Crippen LogP contribution in [0.4, 0.5) is 5.13 Å². The number of nitrogens with two attached hydrogens (primary N) is 1. The minimum atomic E-state index is 0.646. The minimum absolute atomic E-state index is 0.646. The number of nitrogens with one attached hydrogen (secondary N) is 1. The SMILES string of the molecule is COc1cccc(-c2ncc(CNCCCc3csc(N)n3)s2)c1. The molecule has 0 aliphatic rings. The summed E-state index contributed by atoms with van der Waals surface area (Å²) in [5, 5.41) is 7.15. The third-order valence-corrected chi connectivity index (χ3v) is 5.29. The van der Waals surface area contributed by atoms with Crippen LogP contribution in [-0.4, -0.2) is 23.6 Å². The van der Waals surface area contributed by atoms with Crippen LogP contribution < -0.4 is 15.8 Å². The van der Waals surface area contributed by atoms with E-state index in [4.69, 9.17) is 10.5 Å². The first-order chi connectivity index (χ1) is 11.7. The monoisotopic (exact) mass is 360 g/mol. The molecule has 3 N–H and O–H groups in total. The minimum Gasteiger partial charge on any atom is -0.497 e. The third-order valence-electron chi connectivity index (χ3n) is 3.53. The molecule has 0 aliphatic heterocycles. The zero-order valence-electron chi connectivity index (χ0n) is 13.5. The largest absolute Gasteiger partial charge is 0.497 e. The molecule has 3 aromatic rings. The first kappa shape index (κ1) is 16.9. The fourth-order valence-corrected chi connectivity index (χ4v) is 3.80. The molecule has 0 amide bonds. The van der Waals surface area contributed by atoms with E-state index in [-0.39, 0.29) is 0 Å². The van der Waals surface area contributed by atoms with Gasteiger partial charge in [-0.3, -0.25) is 0 Å². The topological polar surface area (TPSA) is 73.1 Å². The van der Waals surface area contributed by atoms with Crippen molar-refractivity contribution in [2.45, 2.75) is 19.4 Å². The van der Waals surface area contributed by atoms with E-state index < -0.39 is 0 Å². The number of nitrogen functional groups attached to an aromatic ring is 1. The van der Waals surface area contributed by atoms with Crippen LogP contribution in [0.25, 0.3) is 10.6 Å². The molecule has 2 heterocycles. The van der Waals surface area contributed by atoms with Gasteiger partial charge in [0.15, 0.2) is 5.13 Å². The Bertz CT molecular complexity index is 784. The Morgan fingerprint density at radius 3 is 3.04 bits per heavy atom. The fraction of sp³-hybridized carbons (Fsp3) is 0.294. The molecule has 2 aromatic heterocycles. The maximum atomic E-state index is 5.63. The molecule has 0 bridgehead atoms. The van der Waals surface area contributed by atoms with Crippen molar-refractivity contribution in [3.8, 4) is 16.3 Å². The number of aromatic nitrogens is 2. The van der Waals surface area contributed by atoms with Gasteiger partial charge in [0.1, 0.15) is 10.8 Å². The van der Waals surface area contributed by atoms with Crippen molar-refractivity contribution in [2.24, 2.45) is 0 Å². The van der Waals surface area contributed by atoms with Crippen molar-refractivity contribution < 1.29 is 4.74 Å². The van der Waals surface area contributed by atoms with E-state index in [1.54, 1.807) is 18.4 Å². The van der Waals surface area contributed by atoms with Crippen molar-refractivity contribution in [2.75, 3.05) is 19.4 Å². The van der Waals surface area contributed by atoms with Crippen LogP contribution in [0.5, 0.6) is 5.75 Å². The summed E-state index contributed by atoms with van der Waals surface area (Å²) in [6, 6.07) is 7.99. The molecule has 7 heteroatoms. The van der Waals surface area contributed by atoms with Gasteiger partial charge in [0.25, 0.3) is 0 Å². The van der Waals surface area contributed by atoms with Gasteiger partial charge in [-0.1, -0.05) is 12.1 Å². The Kier molecular flexibility index (Phi) is 5.79. The predicted molar refractivity (Wildman–Crippen MR) is 101 cm³/mol. The number of hydrogen-bond donors (Lipinski definition) is 2. The van der Waals surface area contributed by atoms with Crippen LogP contribution >= 0.6 is 22.7 Å². The van der Waals surface area contributed by atoms with Gasteiger partial charge in [-0.05, 0) is 31.5 Å². The summed E-state index contributed by atoms with van der Waals surface area (Å²) in [6.45, 7) is 1.78. The van der Waals surface area contributed by atoms with E-state index in [9.17, 15) is 0 Å². The molecule has 1 aromatic carbocycles.